The normalized spacial score (nSPS) is 14.7. The van der Waals surface area contributed by atoms with Gasteiger partial charge in [0.05, 0.1) is 6.54 Å². The Labute approximate surface area is 132 Å². The van der Waals surface area contributed by atoms with E-state index in [1.807, 2.05) is 42.5 Å². The summed E-state index contributed by atoms with van der Waals surface area (Å²) in [5, 5.41) is 0. The molecule has 3 rings (SSSR count). The number of hydrogen-bond donors (Lipinski definition) is 0. The second-order valence-electron chi connectivity index (χ2n) is 5.74. The molecule has 0 saturated carbocycles. The van der Waals surface area contributed by atoms with Crippen molar-refractivity contribution in [2.45, 2.75) is 12.8 Å². The number of hydrogen-bond acceptors (Lipinski definition) is 2. The summed E-state index contributed by atoms with van der Waals surface area (Å²) in [6.45, 7) is 2.63. The number of benzene rings is 2. The van der Waals surface area contributed by atoms with Crippen molar-refractivity contribution in [2.24, 2.45) is 0 Å². The van der Waals surface area contributed by atoms with Crippen LogP contribution in [0, 0.1) is 0 Å². The molecular formula is C20H21NO. The van der Waals surface area contributed by atoms with Crippen LogP contribution in [0.3, 0.4) is 0 Å². The average molecular weight is 291 g/mol. The first-order valence-electron chi connectivity index (χ1n) is 7.91. The molecule has 0 bridgehead atoms. The first-order chi connectivity index (χ1) is 10.8. The lowest BCUT2D eigenvalue weighted by Gasteiger charge is -2.13. The molecule has 1 fully saturated rings. The van der Waals surface area contributed by atoms with Gasteiger partial charge in [-0.05, 0) is 48.7 Å². The molecule has 0 atom stereocenters. The van der Waals surface area contributed by atoms with Gasteiger partial charge in [-0.2, -0.15) is 0 Å². The third-order valence-electron chi connectivity index (χ3n) is 4.05. The summed E-state index contributed by atoms with van der Waals surface area (Å²) in [6, 6.07) is 20.3. The predicted molar refractivity (Wildman–Crippen MR) is 90.6 cm³/mol. The molecule has 0 aromatic heterocycles. The average Bonchev–Trinajstić information content (AvgIpc) is 3.07. The number of carbonyl (C=O) groups excluding carboxylic acids is 1. The standard InChI is InChI=1S/C20H21NO/c22-19(16-21-13-7-8-14-21)15-20(17-9-3-1-4-10-17)18-11-5-2-6-12-18/h1-6,9-12,15H,7-8,13-14,16H2. The quantitative estimate of drug-likeness (QED) is 0.781. The zero-order chi connectivity index (χ0) is 15.2. The zero-order valence-electron chi connectivity index (χ0n) is 12.7. The van der Waals surface area contributed by atoms with E-state index in [-0.39, 0.29) is 5.78 Å². The fraction of sp³-hybridized carbons (Fsp3) is 0.250. The van der Waals surface area contributed by atoms with Crippen LogP contribution in [-0.4, -0.2) is 30.3 Å². The van der Waals surface area contributed by atoms with Gasteiger partial charge in [0.15, 0.2) is 5.78 Å². The van der Waals surface area contributed by atoms with E-state index in [9.17, 15) is 4.79 Å². The fourth-order valence-corrected chi connectivity index (χ4v) is 2.94. The lowest BCUT2D eigenvalue weighted by molar-refractivity contribution is -0.115. The summed E-state index contributed by atoms with van der Waals surface area (Å²) in [7, 11) is 0. The van der Waals surface area contributed by atoms with Crippen molar-refractivity contribution in [1.29, 1.82) is 0 Å². The molecule has 2 nitrogen and oxygen atoms in total. The minimum absolute atomic E-state index is 0.185. The molecule has 1 aliphatic heterocycles. The van der Waals surface area contributed by atoms with E-state index >= 15 is 0 Å². The molecule has 1 saturated heterocycles. The lowest BCUT2D eigenvalue weighted by atomic mass is 9.96. The van der Waals surface area contributed by atoms with Crippen LogP contribution in [0.4, 0.5) is 0 Å². The molecule has 2 aromatic rings. The topological polar surface area (TPSA) is 20.3 Å². The second kappa shape index (κ2) is 7.19. The Balaban J connectivity index is 1.88. The van der Waals surface area contributed by atoms with Gasteiger partial charge in [-0.15, -0.1) is 0 Å². The van der Waals surface area contributed by atoms with Crippen molar-refractivity contribution in [3.8, 4) is 0 Å². The highest BCUT2D eigenvalue weighted by atomic mass is 16.1. The molecule has 0 spiro atoms. The van der Waals surface area contributed by atoms with E-state index in [1.165, 1.54) is 12.8 Å². The van der Waals surface area contributed by atoms with E-state index in [0.29, 0.717) is 6.54 Å². The molecular weight excluding hydrogens is 270 g/mol. The van der Waals surface area contributed by atoms with Gasteiger partial charge in [0.1, 0.15) is 0 Å². The van der Waals surface area contributed by atoms with Gasteiger partial charge in [0.2, 0.25) is 0 Å². The highest BCUT2D eigenvalue weighted by molar-refractivity contribution is 6.01. The van der Waals surface area contributed by atoms with Gasteiger partial charge >= 0.3 is 0 Å². The maximum atomic E-state index is 12.4. The lowest BCUT2D eigenvalue weighted by Crippen LogP contribution is -2.25. The van der Waals surface area contributed by atoms with Crippen molar-refractivity contribution < 1.29 is 4.79 Å². The molecule has 1 heterocycles. The van der Waals surface area contributed by atoms with E-state index < -0.39 is 0 Å². The molecule has 2 aromatic carbocycles. The van der Waals surface area contributed by atoms with Gasteiger partial charge in [-0.3, -0.25) is 9.69 Å². The maximum absolute atomic E-state index is 12.4. The third-order valence-corrected chi connectivity index (χ3v) is 4.05. The first-order valence-corrected chi connectivity index (χ1v) is 7.91. The van der Waals surface area contributed by atoms with E-state index in [1.54, 1.807) is 0 Å². The van der Waals surface area contributed by atoms with Gasteiger partial charge < -0.3 is 0 Å². The van der Waals surface area contributed by atoms with Crippen LogP contribution in [0.2, 0.25) is 0 Å². The van der Waals surface area contributed by atoms with Gasteiger partial charge in [-0.25, -0.2) is 0 Å². The summed E-state index contributed by atoms with van der Waals surface area (Å²) in [4.78, 5) is 14.7. The summed E-state index contributed by atoms with van der Waals surface area (Å²) < 4.78 is 0. The van der Waals surface area contributed by atoms with E-state index in [0.717, 1.165) is 29.8 Å². The number of nitrogens with zero attached hydrogens (tertiary/aromatic N) is 1. The molecule has 112 valence electrons. The molecule has 0 aliphatic carbocycles. The Bertz CT molecular complexity index is 598. The smallest absolute Gasteiger partial charge is 0.170 e. The first kappa shape index (κ1) is 14.7. The largest absolute Gasteiger partial charge is 0.296 e. The fourth-order valence-electron chi connectivity index (χ4n) is 2.94. The van der Waals surface area contributed by atoms with Gasteiger partial charge in [0, 0.05) is 0 Å². The van der Waals surface area contributed by atoms with E-state index in [4.69, 9.17) is 0 Å². The summed E-state index contributed by atoms with van der Waals surface area (Å²) in [6.07, 6.45) is 4.23. The molecule has 0 unspecified atom stereocenters. The maximum Gasteiger partial charge on any atom is 0.170 e. The third kappa shape index (κ3) is 3.71. The van der Waals surface area contributed by atoms with Crippen LogP contribution in [0.25, 0.3) is 5.57 Å². The number of ketones is 1. The SMILES string of the molecule is O=C(C=C(c1ccccc1)c1ccccc1)CN1CCCC1. The minimum atomic E-state index is 0.185. The number of carbonyl (C=O) groups is 1. The predicted octanol–water partition coefficient (Wildman–Crippen LogP) is 3.78. The Hall–Kier alpha value is -2.19. The van der Waals surface area contributed by atoms with Crippen LogP contribution in [0.15, 0.2) is 66.7 Å². The van der Waals surface area contributed by atoms with Crippen LogP contribution < -0.4 is 0 Å². The molecule has 22 heavy (non-hydrogen) atoms. The van der Waals surface area contributed by atoms with Crippen molar-refractivity contribution in [3.05, 3.63) is 77.9 Å². The Kier molecular flexibility index (Phi) is 4.81. The Morgan fingerprint density at radius 3 is 1.86 bits per heavy atom. The minimum Gasteiger partial charge on any atom is -0.296 e. The van der Waals surface area contributed by atoms with Crippen molar-refractivity contribution in [3.63, 3.8) is 0 Å². The number of rotatable bonds is 5. The van der Waals surface area contributed by atoms with Crippen LogP contribution in [0.1, 0.15) is 24.0 Å². The Morgan fingerprint density at radius 1 is 0.864 bits per heavy atom. The molecule has 0 radical (unpaired) electrons. The van der Waals surface area contributed by atoms with Gasteiger partial charge in [-0.1, -0.05) is 60.7 Å². The zero-order valence-corrected chi connectivity index (χ0v) is 12.7. The number of likely N-dealkylation sites (tertiary alicyclic amines) is 1. The van der Waals surface area contributed by atoms with Crippen molar-refractivity contribution >= 4 is 11.4 Å². The molecule has 0 amide bonds. The van der Waals surface area contributed by atoms with E-state index in [2.05, 4.69) is 29.2 Å². The second-order valence-corrected chi connectivity index (χ2v) is 5.74. The van der Waals surface area contributed by atoms with Crippen LogP contribution in [-0.2, 0) is 4.79 Å². The van der Waals surface area contributed by atoms with Crippen LogP contribution >= 0.6 is 0 Å². The summed E-state index contributed by atoms with van der Waals surface area (Å²) in [5.41, 5.74) is 3.18. The summed E-state index contributed by atoms with van der Waals surface area (Å²) >= 11 is 0. The van der Waals surface area contributed by atoms with Crippen LogP contribution in [0.5, 0.6) is 0 Å². The summed E-state index contributed by atoms with van der Waals surface area (Å²) in [5.74, 6) is 0.185. The molecule has 2 heteroatoms. The monoisotopic (exact) mass is 291 g/mol. The molecule has 1 aliphatic rings. The highest BCUT2D eigenvalue weighted by Crippen LogP contribution is 2.23. The van der Waals surface area contributed by atoms with Crippen molar-refractivity contribution in [2.75, 3.05) is 19.6 Å². The van der Waals surface area contributed by atoms with Gasteiger partial charge in [0.25, 0.3) is 0 Å². The highest BCUT2D eigenvalue weighted by Gasteiger charge is 2.15. The Morgan fingerprint density at radius 2 is 1.36 bits per heavy atom. The van der Waals surface area contributed by atoms with Crippen molar-refractivity contribution in [1.82, 2.24) is 4.90 Å². The molecule has 0 N–H and O–H groups in total.